The number of nitrogens with zero attached hydrogens (tertiary/aromatic N) is 1. The van der Waals surface area contributed by atoms with Crippen LogP contribution in [0.2, 0.25) is 0 Å². The quantitative estimate of drug-likeness (QED) is 0.623. The molecule has 2 aliphatic rings. The van der Waals surface area contributed by atoms with Crippen molar-refractivity contribution in [2.75, 3.05) is 25.1 Å². The lowest BCUT2D eigenvalue weighted by atomic mass is 9.90. The van der Waals surface area contributed by atoms with Crippen LogP contribution in [0, 0.1) is 11.8 Å². The van der Waals surface area contributed by atoms with E-state index in [0.717, 1.165) is 41.1 Å². The molecular weight excluding hydrogens is 374 g/mol. The van der Waals surface area contributed by atoms with Crippen LogP contribution in [0.5, 0.6) is 5.75 Å². The number of hydrogen-bond donors (Lipinski definition) is 0. The minimum absolute atomic E-state index is 0.829. The molecule has 0 bridgehead atoms. The smallest absolute Gasteiger partial charge is 0.135 e. The third-order valence-electron chi connectivity index (χ3n) is 5.90. The van der Waals surface area contributed by atoms with E-state index in [1.807, 2.05) is 0 Å². The molecule has 132 valence electrons. The summed E-state index contributed by atoms with van der Waals surface area (Å²) in [5.41, 5.74) is 2.83. The van der Waals surface area contributed by atoms with E-state index >= 15 is 0 Å². The number of halogens is 1. The Balaban J connectivity index is 1.29. The van der Waals surface area contributed by atoms with Crippen molar-refractivity contribution >= 4 is 21.6 Å². The average molecular weight is 400 g/mol. The van der Waals surface area contributed by atoms with E-state index in [0.29, 0.717) is 0 Å². The molecule has 0 aromatic heterocycles. The molecule has 0 N–H and O–H groups in total. The number of rotatable bonds is 5. The standard InChI is InChI=1S/C22H26BrNO/c1-25-22-15-19(7-8-21(22)23)24-11-9-16(10-12-24)13-18-14-20(18)17-5-3-2-4-6-17/h2-8,15-16,18,20H,9-14H2,1H3/t18-,20+/m1/s1. The summed E-state index contributed by atoms with van der Waals surface area (Å²) in [5.74, 6) is 3.57. The zero-order valence-electron chi connectivity index (χ0n) is 14.8. The fraction of sp³-hybridized carbons (Fsp3) is 0.455. The molecule has 1 saturated heterocycles. The van der Waals surface area contributed by atoms with Gasteiger partial charge in [0.05, 0.1) is 11.6 Å². The zero-order chi connectivity index (χ0) is 17.2. The van der Waals surface area contributed by atoms with Crippen molar-refractivity contribution in [1.29, 1.82) is 0 Å². The maximum absolute atomic E-state index is 5.44. The first-order valence-electron chi connectivity index (χ1n) is 9.38. The van der Waals surface area contributed by atoms with Gasteiger partial charge in [0.25, 0.3) is 0 Å². The predicted molar refractivity (Wildman–Crippen MR) is 108 cm³/mol. The first-order chi connectivity index (χ1) is 12.2. The zero-order valence-corrected chi connectivity index (χ0v) is 16.4. The Kier molecular flexibility index (Phi) is 5.03. The van der Waals surface area contributed by atoms with Gasteiger partial charge in [-0.05, 0) is 77.1 Å². The third-order valence-corrected chi connectivity index (χ3v) is 6.56. The van der Waals surface area contributed by atoms with E-state index in [2.05, 4.69) is 69.4 Å². The second kappa shape index (κ2) is 7.41. The molecule has 0 unspecified atom stereocenters. The molecule has 4 rings (SSSR count). The van der Waals surface area contributed by atoms with E-state index in [-0.39, 0.29) is 0 Å². The summed E-state index contributed by atoms with van der Waals surface area (Å²) in [7, 11) is 1.73. The molecule has 1 aliphatic carbocycles. The molecule has 1 heterocycles. The molecule has 1 saturated carbocycles. The molecule has 0 radical (unpaired) electrons. The molecule has 2 aromatic carbocycles. The Morgan fingerprint density at radius 2 is 1.84 bits per heavy atom. The van der Waals surface area contributed by atoms with Crippen molar-refractivity contribution in [1.82, 2.24) is 0 Å². The van der Waals surface area contributed by atoms with Crippen LogP contribution in [0.25, 0.3) is 0 Å². The van der Waals surface area contributed by atoms with Crippen LogP contribution in [0.4, 0.5) is 5.69 Å². The van der Waals surface area contributed by atoms with Crippen molar-refractivity contribution in [3.8, 4) is 5.75 Å². The molecule has 25 heavy (non-hydrogen) atoms. The van der Waals surface area contributed by atoms with Crippen molar-refractivity contribution in [3.63, 3.8) is 0 Å². The molecule has 2 fully saturated rings. The largest absolute Gasteiger partial charge is 0.495 e. The molecule has 0 spiro atoms. The topological polar surface area (TPSA) is 12.5 Å². The second-order valence-corrected chi connectivity index (χ2v) is 8.35. The van der Waals surface area contributed by atoms with Gasteiger partial charge < -0.3 is 9.64 Å². The highest BCUT2D eigenvalue weighted by molar-refractivity contribution is 9.10. The molecule has 2 atom stereocenters. The van der Waals surface area contributed by atoms with Crippen molar-refractivity contribution in [2.45, 2.75) is 31.6 Å². The first-order valence-corrected chi connectivity index (χ1v) is 10.2. The van der Waals surface area contributed by atoms with Gasteiger partial charge >= 0.3 is 0 Å². The summed E-state index contributed by atoms with van der Waals surface area (Å²) >= 11 is 3.54. The van der Waals surface area contributed by atoms with Crippen LogP contribution in [-0.2, 0) is 0 Å². The van der Waals surface area contributed by atoms with E-state index in [1.165, 1.54) is 31.4 Å². The fourth-order valence-corrected chi connectivity index (χ4v) is 4.73. The van der Waals surface area contributed by atoms with Gasteiger partial charge in [-0.2, -0.15) is 0 Å². The highest BCUT2D eigenvalue weighted by atomic mass is 79.9. The lowest BCUT2D eigenvalue weighted by molar-refractivity contribution is 0.361. The van der Waals surface area contributed by atoms with Gasteiger partial charge in [-0.3, -0.25) is 0 Å². The lowest BCUT2D eigenvalue weighted by Gasteiger charge is -2.34. The van der Waals surface area contributed by atoms with Crippen LogP contribution >= 0.6 is 15.9 Å². The van der Waals surface area contributed by atoms with E-state index < -0.39 is 0 Å². The van der Waals surface area contributed by atoms with Crippen LogP contribution in [0.15, 0.2) is 53.0 Å². The third kappa shape index (κ3) is 3.87. The number of methoxy groups -OCH3 is 1. The highest BCUT2D eigenvalue weighted by Crippen LogP contribution is 2.51. The number of ether oxygens (including phenoxy) is 1. The number of hydrogen-bond acceptors (Lipinski definition) is 2. The van der Waals surface area contributed by atoms with Crippen molar-refractivity contribution in [2.24, 2.45) is 11.8 Å². The second-order valence-electron chi connectivity index (χ2n) is 7.50. The van der Waals surface area contributed by atoms with E-state index in [9.17, 15) is 0 Å². The Morgan fingerprint density at radius 1 is 1.08 bits per heavy atom. The van der Waals surface area contributed by atoms with Gasteiger partial charge in [-0.1, -0.05) is 30.3 Å². The van der Waals surface area contributed by atoms with Gasteiger partial charge in [-0.25, -0.2) is 0 Å². The fourth-order valence-electron chi connectivity index (χ4n) is 4.32. The molecular formula is C22H26BrNO. The number of piperidine rings is 1. The number of anilines is 1. The first kappa shape index (κ1) is 17.0. The molecule has 3 heteroatoms. The Morgan fingerprint density at radius 3 is 2.56 bits per heavy atom. The van der Waals surface area contributed by atoms with Gasteiger partial charge in [0.15, 0.2) is 0 Å². The highest BCUT2D eigenvalue weighted by Gasteiger charge is 2.39. The van der Waals surface area contributed by atoms with Gasteiger partial charge in [0, 0.05) is 24.8 Å². The Labute approximate surface area is 159 Å². The predicted octanol–water partition coefficient (Wildman–Crippen LogP) is 5.87. The molecule has 1 aliphatic heterocycles. The summed E-state index contributed by atoms with van der Waals surface area (Å²) in [6.07, 6.45) is 5.44. The Bertz CT molecular complexity index is 709. The van der Waals surface area contributed by atoms with E-state index in [1.54, 1.807) is 12.7 Å². The maximum Gasteiger partial charge on any atom is 0.135 e. The summed E-state index contributed by atoms with van der Waals surface area (Å²) < 4.78 is 6.46. The monoisotopic (exact) mass is 399 g/mol. The summed E-state index contributed by atoms with van der Waals surface area (Å²) in [6, 6.07) is 17.5. The summed E-state index contributed by atoms with van der Waals surface area (Å²) in [5, 5.41) is 0. The number of benzene rings is 2. The van der Waals surface area contributed by atoms with Crippen LogP contribution < -0.4 is 9.64 Å². The molecule has 2 nitrogen and oxygen atoms in total. The lowest BCUT2D eigenvalue weighted by Crippen LogP contribution is -2.33. The average Bonchev–Trinajstić information content (AvgIpc) is 3.43. The van der Waals surface area contributed by atoms with Crippen molar-refractivity contribution < 1.29 is 4.74 Å². The van der Waals surface area contributed by atoms with Gasteiger partial charge in [0.2, 0.25) is 0 Å². The minimum atomic E-state index is 0.829. The van der Waals surface area contributed by atoms with Crippen molar-refractivity contribution in [3.05, 3.63) is 58.6 Å². The minimum Gasteiger partial charge on any atom is -0.495 e. The molecule has 0 amide bonds. The SMILES string of the molecule is COc1cc(N2CCC(C[C@@H]3C[C@H]3c3ccccc3)CC2)ccc1Br. The Hall–Kier alpha value is -1.48. The van der Waals surface area contributed by atoms with Crippen LogP contribution in [0.3, 0.4) is 0 Å². The van der Waals surface area contributed by atoms with Crippen LogP contribution in [0.1, 0.15) is 37.2 Å². The summed E-state index contributed by atoms with van der Waals surface area (Å²) in [6.45, 7) is 2.33. The van der Waals surface area contributed by atoms with Gasteiger partial charge in [0.1, 0.15) is 5.75 Å². The maximum atomic E-state index is 5.44. The van der Waals surface area contributed by atoms with Crippen LogP contribution in [-0.4, -0.2) is 20.2 Å². The summed E-state index contributed by atoms with van der Waals surface area (Å²) in [4.78, 5) is 2.51. The normalized spacial score (nSPS) is 23.5. The molecule has 2 aromatic rings. The van der Waals surface area contributed by atoms with Gasteiger partial charge in [-0.15, -0.1) is 0 Å². The van der Waals surface area contributed by atoms with E-state index in [4.69, 9.17) is 4.74 Å².